The molecular formula is C23H25N5O4S. The van der Waals surface area contributed by atoms with Gasteiger partial charge in [0.2, 0.25) is 10.0 Å². The van der Waals surface area contributed by atoms with E-state index in [0.29, 0.717) is 35.3 Å². The summed E-state index contributed by atoms with van der Waals surface area (Å²) in [5.41, 5.74) is 2.45. The highest BCUT2D eigenvalue weighted by Gasteiger charge is 2.17. The molecule has 1 aromatic carbocycles. The van der Waals surface area contributed by atoms with E-state index in [-0.39, 0.29) is 29.2 Å². The zero-order chi connectivity index (χ0) is 23.6. The predicted molar refractivity (Wildman–Crippen MR) is 127 cm³/mol. The Morgan fingerprint density at radius 3 is 2.39 bits per heavy atom. The number of nitrogens with one attached hydrogen (secondary N) is 2. The van der Waals surface area contributed by atoms with Crippen LogP contribution >= 0.6 is 0 Å². The van der Waals surface area contributed by atoms with Gasteiger partial charge in [0.25, 0.3) is 5.56 Å². The van der Waals surface area contributed by atoms with Gasteiger partial charge in [0.1, 0.15) is 5.52 Å². The largest absolute Gasteiger partial charge is 0.349 e. The van der Waals surface area contributed by atoms with Crippen molar-refractivity contribution in [2.45, 2.75) is 38.3 Å². The first kappa shape index (κ1) is 22.7. The first-order chi connectivity index (χ1) is 15.9. The van der Waals surface area contributed by atoms with Gasteiger partial charge in [-0.2, -0.15) is 0 Å². The molecule has 4 aromatic rings. The number of hydrogen-bond acceptors (Lipinski definition) is 5. The van der Waals surface area contributed by atoms with E-state index in [1.807, 2.05) is 19.1 Å². The molecule has 0 amide bonds. The van der Waals surface area contributed by atoms with Crippen LogP contribution in [0.4, 0.5) is 0 Å². The molecule has 0 spiro atoms. The van der Waals surface area contributed by atoms with Crippen molar-refractivity contribution in [3.05, 3.63) is 81.3 Å². The molecule has 0 aliphatic carbocycles. The normalized spacial score (nSPS) is 11.8. The average molecular weight is 468 g/mol. The van der Waals surface area contributed by atoms with Crippen LogP contribution in [0.3, 0.4) is 0 Å². The molecule has 0 atom stereocenters. The maximum Gasteiger partial charge on any atom is 0.331 e. The summed E-state index contributed by atoms with van der Waals surface area (Å²) in [6.45, 7) is 4.56. The second kappa shape index (κ2) is 9.16. The van der Waals surface area contributed by atoms with Gasteiger partial charge in [-0.25, -0.2) is 17.9 Å². The van der Waals surface area contributed by atoms with E-state index in [0.717, 1.165) is 5.56 Å². The molecule has 4 rings (SSSR count). The number of pyridine rings is 1. The Labute approximate surface area is 190 Å². The molecule has 10 heteroatoms. The quantitative estimate of drug-likeness (QED) is 0.411. The molecule has 172 valence electrons. The summed E-state index contributed by atoms with van der Waals surface area (Å²) in [6, 6.07) is 11.8. The molecule has 0 fully saturated rings. The van der Waals surface area contributed by atoms with Crippen LogP contribution in [0.15, 0.2) is 69.3 Å². The summed E-state index contributed by atoms with van der Waals surface area (Å²) >= 11 is 0. The number of hydrogen-bond donors (Lipinski definition) is 2. The molecule has 0 aliphatic rings. The van der Waals surface area contributed by atoms with E-state index in [2.05, 4.69) is 14.7 Å². The van der Waals surface area contributed by atoms with Crippen molar-refractivity contribution in [3.63, 3.8) is 0 Å². The highest BCUT2D eigenvalue weighted by atomic mass is 32.2. The Bertz CT molecular complexity index is 1500. The molecule has 0 saturated heterocycles. The lowest BCUT2D eigenvalue weighted by atomic mass is 10.1. The standard InChI is InChI=1S/C23H25N5O4S/c1-3-27-20-14-19(26-21(20)22(29)28(4-2)23(27)30)17-7-9-18(10-8-17)33(31,32)25-13-11-16-6-5-12-24-15-16/h5-10,12,14-15,25-26H,3-4,11,13H2,1-2H3. The van der Waals surface area contributed by atoms with Gasteiger partial charge >= 0.3 is 5.69 Å². The van der Waals surface area contributed by atoms with Gasteiger partial charge in [0, 0.05) is 37.7 Å². The number of benzene rings is 1. The van der Waals surface area contributed by atoms with Gasteiger partial charge in [-0.15, -0.1) is 0 Å². The number of aromatic nitrogens is 4. The molecule has 3 heterocycles. The lowest BCUT2D eigenvalue weighted by molar-refractivity contribution is 0.581. The molecule has 0 unspecified atom stereocenters. The Kier molecular flexibility index (Phi) is 6.30. The fourth-order valence-electron chi connectivity index (χ4n) is 3.80. The molecule has 3 aromatic heterocycles. The monoisotopic (exact) mass is 467 g/mol. The maximum atomic E-state index is 12.7. The fraction of sp³-hybridized carbons (Fsp3) is 0.261. The number of nitrogens with zero attached hydrogens (tertiary/aromatic N) is 3. The molecule has 0 bridgehead atoms. The van der Waals surface area contributed by atoms with E-state index in [9.17, 15) is 18.0 Å². The van der Waals surface area contributed by atoms with E-state index >= 15 is 0 Å². The van der Waals surface area contributed by atoms with Crippen LogP contribution in [-0.2, 0) is 29.5 Å². The van der Waals surface area contributed by atoms with Gasteiger partial charge in [0.05, 0.1) is 10.4 Å². The molecule has 33 heavy (non-hydrogen) atoms. The summed E-state index contributed by atoms with van der Waals surface area (Å²) in [4.78, 5) is 32.6. The lowest BCUT2D eigenvalue weighted by Gasteiger charge is -2.07. The number of H-pyrrole nitrogens is 1. The molecule has 0 radical (unpaired) electrons. The van der Waals surface area contributed by atoms with Crippen molar-refractivity contribution in [2.75, 3.05) is 6.54 Å². The van der Waals surface area contributed by atoms with Crippen LogP contribution in [0.5, 0.6) is 0 Å². The van der Waals surface area contributed by atoms with Crippen LogP contribution in [0.1, 0.15) is 19.4 Å². The van der Waals surface area contributed by atoms with Crippen LogP contribution < -0.4 is 16.0 Å². The van der Waals surface area contributed by atoms with Gasteiger partial charge in [0.15, 0.2) is 0 Å². The first-order valence-electron chi connectivity index (χ1n) is 10.7. The van der Waals surface area contributed by atoms with Crippen LogP contribution in [-0.4, -0.2) is 34.1 Å². The van der Waals surface area contributed by atoms with E-state index in [1.165, 1.54) is 16.7 Å². The van der Waals surface area contributed by atoms with Crippen molar-refractivity contribution in [1.29, 1.82) is 0 Å². The summed E-state index contributed by atoms with van der Waals surface area (Å²) in [5, 5.41) is 0. The minimum atomic E-state index is -3.67. The van der Waals surface area contributed by atoms with E-state index in [1.54, 1.807) is 42.1 Å². The third-order valence-corrected chi connectivity index (χ3v) is 7.02. The zero-order valence-electron chi connectivity index (χ0n) is 18.4. The number of fused-ring (bicyclic) bond motifs is 1. The number of aryl methyl sites for hydroxylation is 1. The Balaban J connectivity index is 1.59. The maximum absolute atomic E-state index is 12.7. The SMILES string of the molecule is CCn1c(=O)c2[nH]c(-c3ccc(S(=O)(=O)NCCc4cccnc4)cc3)cc2n(CC)c1=O. The molecule has 0 saturated carbocycles. The van der Waals surface area contributed by atoms with Gasteiger partial charge in [-0.05, 0) is 55.7 Å². The second-order valence-corrected chi connectivity index (χ2v) is 9.32. The zero-order valence-corrected chi connectivity index (χ0v) is 19.2. The fourth-order valence-corrected chi connectivity index (χ4v) is 4.83. The summed E-state index contributed by atoms with van der Waals surface area (Å²) in [7, 11) is -3.67. The van der Waals surface area contributed by atoms with Crippen molar-refractivity contribution < 1.29 is 8.42 Å². The van der Waals surface area contributed by atoms with E-state index in [4.69, 9.17) is 0 Å². The summed E-state index contributed by atoms with van der Waals surface area (Å²) in [6.07, 6.45) is 3.91. The Morgan fingerprint density at radius 1 is 1.03 bits per heavy atom. The smallest absolute Gasteiger partial charge is 0.331 e. The van der Waals surface area contributed by atoms with Crippen LogP contribution in [0.25, 0.3) is 22.3 Å². The molecule has 0 aliphatic heterocycles. The number of rotatable bonds is 8. The minimum Gasteiger partial charge on any atom is -0.349 e. The number of aromatic amines is 1. The van der Waals surface area contributed by atoms with Crippen molar-refractivity contribution in [3.8, 4) is 11.3 Å². The minimum absolute atomic E-state index is 0.146. The third kappa shape index (κ3) is 4.39. The van der Waals surface area contributed by atoms with Crippen molar-refractivity contribution in [2.24, 2.45) is 0 Å². The highest BCUT2D eigenvalue weighted by molar-refractivity contribution is 7.89. The predicted octanol–water partition coefficient (Wildman–Crippen LogP) is 2.11. The van der Waals surface area contributed by atoms with Crippen LogP contribution in [0.2, 0.25) is 0 Å². The van der Waals surface area contributed by atoms with Crippen molar-refractivity contribution >= 4 is 21.1 Å². The van der Waals surface area contributed by atoms with Gasteiger partial charge in [-0.3, -0.25) is 18.9 Å². The summed E-state index contributed by atoms with van der Waals surface area (Å²) in [5.74, 6) is 0. The Hall–Kier alpha value is -3.50. The molecule has 2 N–H and O–H groups in total. The second-order valence-electron chi connectivity index (χ2n) is 7.55. The van der Waals surface area contributed by atoms with Crippen molar-refractivity contribution in [1.82, 2.24) is 23.8 Å². The number of sulfonamides is 1. The topological polar surface area (TPSA) is 119 Å². The van der Waals surface area contributed by atoms with Gasteiger partial charge in [-0.1, -0.05) is 18.2 Å². The average Bonchev–Trinajstić information content (AvgIpc) is 3.26. The first-order valence-corrected chi connectivity index (χ1v) is 12.2. The molecular weight excluding hydrogens is 442 g/mol. The highest BCUT2D eigenvalue weighted by Crippen LogP contribution is 2.23. The van der Waals surface area contributed by atoms with Gasteiger partial charge < -0.3 is 4.98 Å². The Morgan fingerprint density at radius 2 is 1.76 bits per heavy atom. The lowest BCUT2D eigenvalue weighted by Crippen LogP contribution is -2.39. The molecule has 9 nitrogen and oxygen atoms in total. The third-order valence-electron chi connectivity index (χ3n) is 5.55. The van der Waals surface area contributed by atoms with Crippen LogP contribution in [0, 0.1) is 0 Å². The summed E-state index contributed by atoms with van der Waals surface area (Å²) < 4.78 is 30.6. The van der Waals surface area contributed by atoms with E-state index < -0.39 is 10.0 Å².